The number of carbonyl (C=O) groups is 1. The van der Waals surface area contributed by atoms with Crippen LogP contribution in [-0.4, -0.2) is 35.6 Å². The van der Waals surface area contributed by atoms with Crippen molar-refractivity contribution in [1.82, 2.24) is 15.2 Å². The zero-order valence-corrected chi connectivity index (χ0v) is 14.8. The van der Waals surface area contributed by atoms with E-state index in [2.05, 4.69) is 10.3 Å². The first-order valence-corrected chi connectivity index (χ1v) is 8.44. The number of urea groups is 1. The molecule has 2 rings (SSSR count). The van der Waals surface area contributed by atoms with Crippen molar-refractivity contribution >= 4 is 17.4 Å². The maximum atomic E-state index is 12.2. The van der Waals surface area contributed by atoms with Crippen LogP contribution in [0.3, 0.4) is 0 Å². The second-order valence-electron chi connectivity index (χ2n) is 5.69. The number of rotatable bonds is 6. The predicted molar refractivity (Wildman–Crippen MR) is 93.0 cm³/mol. The van der Waals surface area contributed by atoms with Crippen molar-refractivity contribution in [1.29, 1.82) is 0 Å². The lowest BCUT2D eigenvalue weighted by molar-refractivity contribution is 0.195. The monoisotopic (exact) mass is 333 g/mol. The standard InChI is InChI=1S/C17H23N3O2S/c1-12-6-5-7-16(8-12)22-10-13(2)18-17(21)20(4)9-15-11-23-14(3)19-15/h5-8,11,13H,9-10H2,1-4H3,(H,18,21)/t13-/m0/s1. The van der Waals surface area contributed by atoms with Gasteiger partial charge in [0.25, 0.3) is 0 Å². The van der Waals surface area contributed by atoms with Gasteiger partial charge in [-0.05, 0) is 38.5 Å². The third kappa shape index (κ3) is 5.56. The minimum Gasteiger partial charge on any atom is -0.491 e. The normalized spacial score (nSPS) is 11.8. The van der Waals surface area contributed by atoms with Gasteiger partial charge in [-0.15, -0.1) is 11.3 Å². The Morgan fingerprint density at radius 2 is 2.22 bits per heavy atom. The smallest absolute Gasteiger partial charge is 0.317 e. The molecule has 1 heterocycles. The fourth-order valence-corrected chi connectivity index (χ4v) is 2.69. The van der Waals surface area contributed by atoms with Gasteiger partial charge in [0.05, 0.1) is 23.3 Å². The van der Waals surface area contributed by atoms with E-state index in [0.29, 0.717) is 13.2 Å². The first kappa shape index (κ1) is 17.3. The second-order valence-corrected chi connectivity index (χ2v) is 6.75. The summed E-state index contributed by atoms with van der Waals surface area (Å²) in [4.78, 5) is 18.2. The third-order valence-electron chi connectivity index (χ3n) is 3.27. The lowest BCUT2D eigenvalue weighted by Crippen LogP contribution is -2.43. The Labute approximate surface area is 141 Å². The molecule has 0 aliphatic rings. The Kier molecular flexibility index (Phi) is 5.98. The number of nitrogens with one attached hydrogen (secondary N) is 1. The van der Waals surface area contributed by atoms with Gasteiger partial charge >= 0.3 is 6.03 Å². The second kappa shape index (κ2) is 7.97. The zero-order valence-electron chi connectivity index (χ0n) is 14.0. The summed E-state index contributed by atoms with van der Waals surface area (Å²) in [6.45, 7) is 6.83. The van der Waals surface area contributed by atoms with Crippen LogP contribution in [0, 0.1) is 13.8 Å². The van der Waals surface area contributed by atoms with Crippen molar-refractivity contribution in [2.24, 2.45) is 0 Å². The SMILES string of the molecule is Cc1cccc(OC[C@H](C)NC(=O)N(C)Cc2csc(C)n2)c1. The number of nitrogens with zero attached hydrogens (tertiary/aromatic N) is 2. The maximum Gasteiger partial charge on any atom is 0.317 e. The quantitative estimate of drug-likeness (QED) is 0.882. The molecule has 2 amide bonds. The minimum absolute atomic E-state index is 0.0809. The molecule has 124 valence electrons. The molecule has 0 unspecified atom stereocenters. The Morgan fingerprint density at radius 1 is 1.43 bits per heavy atom. The van der Waals surface area contributed by atoms with Gasteiger partial charge in [-0.3, -0.25) is 0 Å². The Balaban J connectivity index is 1.77. The first-order valence-electron chi connectivity index (χ1n) is 7.56. The molecule has 2 aromatic rings. The molecule has 0 saturated carbocycles. The van der Waals surface area contributed by atoms with Crippen molar-refractivity contribution in [3.05, 3.63) is 45.9 Å². The molecule has 0 bridgehead atoms. The van der Waals surface area contributed by atoms with E-state index in [1.165, 1.54) is 0 Å². The number of aryl methyl sites for hydroxylation is 2. The van der Waals surface area contributed by atoms with Gasteiger partial charge in [-0.25, -0.2) is 9.78 Å². The maximum absolute atomic E-state index is 12.2. The Hall–Kier alpha value is -2.08. The highest BCUT2D eigenvalue weighted by molar-refractivity contribution is 7.09. The summed E-state index contributed by atoms with van der Waals surface area (Å²) in [5, 5.41) is 5.91. The molecule has 0 aliphatic heterocycles. The van der Waals surface area contributed by atoms with E-state index < -0.39 is 0 Å². The summed E-state index contributed by atoms with van der Waals surface area (Å²) in [5.41, 5.74) is 2.06. The minimum atomic E-state index is -0.129. The average molecular weight is 333 g/mol. The summed E-state index contributed by atoms with van der Waals surface area (Å²) >= 11 is 1.59. The van der Waals surface area contributed by atoms with E-state index in [9.17, 15) is 4.79 Å². The van der Waals surface area contributed by atoms with Crippen LogP contribution in [0.4, 0.5) is 4.79 Å². The third-order valence-corrected chi connectivity index (χ3v) is 4.09. The Morgan fingerprint density at radius 3 is 2.87 bits per heavy atom. The van der Waals surface area contributed by atoms with Crippen molar-refractivity contribution in [2.45, 2.75) is 33.4 Å². The number of aromatic nitrogens is 1. The average Bonchev–Trinajstić information content (AvgIpc) is 2.90. The van der Waals surface area contributed by atoms with Crippen LogP contribution in [0.2, 0.25) is 0 Å². The molecule has 0 aliphatic carbocycles. The van der Waals surface area contributed by atoms with Gasteiger partial charge in [0.15, 0.2) is 0 Å². The highest BCUT2D eigenvalue weighted by atomic mass is 32.1. The van der Waals surface area contributed by atoms with Crippen molar-refractivity contribution < 1.29 is 9.53 Å². The number of amides is 2. The first-order chi connectivity index (χ1) is 10.9. The van der Waals surface area contributed by atoms with Gasteiger partial charge < -0.3 is 15.0 Å². The van der Waals surface area contributed by atoms with Crippen LogP contribution in [0.15, 0.2) is 29.6 Å². The van der Waals surface area contributed by atoms with Crippen molar-refractivity contribution in [2.75, 3.05) is 13.7 Å². The van der Waals surface area contributed by atoms with Crippen LogP contribution in [0.25, 0.3) is 0 Å². The van der Waals surface area contributed by atoms with Crippen LogP contribution in [0.5, 0.6) is 5.75 Å². The summed E-state index contributed by atoms with van der Waals surface area (Å²) < 4.78 is 5.71. The topological polar surface area (TPSA) is 54.5 Å². The molecule has 1 aromatic carbocycles. The molecule has 23 heavy (non-hydrogen) atoms. The molecule has 0 fully saturated rings. The number of hydrogen-bond acceptors (Lipinski definition) is 4. The van der Waals surface area contributed by atoms with Gasteiger partial charge in [0.1, 0.15) is 12.4 Å². The fourth-order valence-electron chi connectivity index (χ4n) is 2.08. The van der Waals surface area contributed by atoms with Gasteiger partial charge in [-0.1, -0.05) is 12.1 Å². The molecule has 0 radical (unpaired) electrons. The highest BCUT2D eigenvalue weighted by Gasteiger charge is 2.14. The molecule has 5 nitrogen and oxygen atoms in total. The number of benzene rings is 1. The molecular formula is C17H23N3O2S. The zero-order chi connectivity index (χ0) is 16.8. The van der Waals surface area contributed by atoms with Crippen LogP contribution in [0.1, 0.15) is 23.2 Å². The van der Waals surface area contributed by atoms with Gasteiger partial charge in [0, 0.05) is 12.4 Å². The molecule has 1 atom stereocenters. The lowest BCUT2D eigenvalue weighted by Gasteiger charge is -2.21. The van der Waals surface area contributed by atoms with E-state index >= 15 is 0 Å². The summed E-state index contributed by atoms with van der Waals surface area (Å²) in [6, 6.07) is 7.66. The van der Waals surface area contributed by atoms with Crippen molar-refractivity contribution in [3.8, 4) is 5.75 Å². The predicted octanol–water partition coefficient (Wildman–Crippen LogP) is 3.37. The van der Waals surface area contributed by atoms with Crippen LogP contribution < -0.4 is 10.1 Å². The van der Waals surface area contributed by atoms with E-state index in [1.54, 1.807) is 23.3 Å². The van der Waals surface area contributed by atoms with E-state index in [4.69, 9.17) is 4.74 Å². The number of thiazole rings is 1. The molecule has 0 saturated heterocycles. The van der Waals surface area contributed by atoms with E-state index in [1.807, 2.05) is 50.4 Å². The summed E-state index contributed by atoms with van der Waals surface area (Å²) in [6.07, 6.45) is 0. The largest absolute Gasteiger partial charge is 0.491 e. The van der Waals surface area contributed by atoms with Crippen LogP contribution in [-0.2, 0) is 6.54 Å². The molecule has 1 aromatic heterocycles. The number of hydrogen-bond donors (Lipinski definition) is 1. The highest BCUT2D eigenvalue weighted by Crippen LogP contribution is 2.13. The van der Waals surface area contributed by atoms with E-state index in [0.717, 1.165) is 22.0 Å². The molecule has 6 heteroatoms. The summed E-state index contributed by atoms with van der Waals surface area (Å²) in [7, 11) is 1.76. The Bertz CT molecular complexity index is 657. The van der Waals surface area contributed by atoms with Gasteiger partial charge in [-0.2, -0.15) is 0 Å². The number of ether oxygens (including phenoxy) is 1. The molecular weight excluding hydrogens is 310 g/mol. The van der Waals surface area contributed by atoms with Crippen molar-refractivity contribution in [3.63, 3.8) is 0 Å². The summed E-state index contributed by atoms with van der Waals surface area (Å²) in [5.74, 6) is 0.817. The fraction of sp³-hybridized carbons (Fsp3) is 0.412. The van der Waals surface area contributed by atoms with Gasteiger partial charge in [0.2, 0.25) is 0 Å². The molecule has 1 N–H and O–H groups in total. The van der Waals surface area contributed by atoms with Crippen LogP contribution >= 0.6 is 11.3 Å². The van der Waals surface area contributed by atoms with E-state index in [-0.39, 0.29) is 12.1 Å². The number of carbonyl (C=O) groups excluding carboxylic acids is 1. The lowest BCUT2D eigenvalue weighted by atomic mass is 10.2. The molecule has 0 spiro atoms.